The minimum Gasteiger partial charge on any atom is -0.465 e. The van der Waals surface area contributed by atoms with Crippen LogP contribution in [-0.4, -0.2) is 20.8 Å². The average Bonchev–Trinajstić information content (AvgIpc) is 2.59. The van der Waals surface area contributed by atoms with Gasteiger partial charge in [0.05, 0.1) is 17.3 Å². The summed E-state index contributed by atoms with van der Waals surface area (Å²) in [7, 11) is 0. The highest BCUT2D eigenvalue weighted by molar-refractivity contribution is 5.61. The molecular formula is C9H8N4O2. The SMILES string of the molecule is N#Cc1cnn2ccccc12.NC(=O)O. The maximum Gasteiger partial charge on any atom is 0.402 e. The quantitative estimate of drug-likeness (QED) is 0.662. The molecule has 2 heterocycles. The molecule has 0 radical (unpaired) electrons. The van der Waals surface area contributed by atoms with Gasteiger partial charge >= 0.3 is 6.09 Å². The van der Waals surface area contributed by atoms with Crippen LogP contribution in [0.15, 0.2) is 30.6 Å². The van der Waals surface area contributed by atoms with Crippen molar-refractivity contribution in [2.24, 2.45) is 5.73 Å². The Morgan fingerprint density at radius 3 is 2.87 bits per heavy atom. The van der Waals surface area contributed by atoms with E-state index in [1.54, 1.807) is 10.7 Å². The fraction of sp³-hybridized carbons (Fsp3) is 0. The summed E-state index contributed by atoms with van der Waals surface area (Å²) in [5.74, 6) is 0. The van der Waals surface area contributed by atoms with Crippen LogP contribution in [0.3, 0.4) is 0 Å². The molecular weight excluding hydrogens is 196 g/mol. The zero-order chi connectivity index (χ0) is 11.3. The Morgan fingerprint density at radius 2 is 2.27 bits per heavy atom. The second kappa shape index (κ2) is 4.62. The number of rotatable bonds is 0. The third-order valence-corrected chi connectivity index (χ3v) is 1.55. The Kier molecular flexibility index (Phi) is 3.24. The van der Waals surface area contributed by atoms with E-state index in [4.69, 9.17) is 15.2 Å². The van der Waals surface area contributed by atoms with Crippen molar-refractivity contribution in [1.29, 1.82) is 5.26 Å². The van der Waals surface area contributed by atoms with E-state index >= 15 is 0 Å². The molecule has 2 aromatic heterocycles. The third-order valence-electron chi connectivity index (χ3n) is 1.55. The first-order chi connectivity index (χ1) is 7.15. The van der Waals surface area contributed by atoms with Crippen LogP contribution in [0.4, 0.5) is 4.79 Å². The van der Waals surface area contributed by atoms with Crippen LogP contribution in [-0.2, 0) is 0 Å². The predicted octanol–water partition coefficient (Wildman–Crippen LogP) is 0.829. The number of nitrogens with zero attached hydrogens (tertiary/aromatic N) is 3. The number of hydrogen-bond acceptors (Lipinski definition) is 3. The molecule has 0 fully saturated rings. The van der Waals surface area contributed by atoms with Gasteiger partial charge in [0.25, 0.3) is 0 Å². The maximum absolute atomic E-state index is 8.78. The summed E-state index contributed by atoms with van der Waals surface area (Å²) in [5, 5.41) is 19.8. The van der Waals surface area contributed by atoms with Crippen molar-refractivity contribution in [3.63, 3.8) is 0 Å². The Bertz CT molecular complexity index is 508. The number of amides is 1. The number of carbonyl (C=O) groups is 1. The fourth-order valence-corrected chi connectivity index (χ4v) is 1.02. The predicted molar refractivity (Wildman–Crippen MR) is 52.1 cm³/mol. The Labute approximate surface area is 85.2 Å². The Morgan fingerprint density at radius 1 is 1.60 bits per heavy atom. The largest absolute Gasteiger partial charge is 0.465 e. The summed E-state index contributed by atoms with van der Waals surface area (Å²) in [5.41, 5.74) is 5.50. The first kappa shape index (κ1) is 10.5. The van der Waals surface area contributed by atoms with Crippen molar-refractivity contribution in [3.05, 3.63) is 36.2 Å². The Hall–Kier alpha value is -2.55. The molecule has 0 spiro atoms. The van der Waals surface area contributed by atoms with Crippen LogP contribution in [0.2, 0.25) is 0 Å². The standard InChI is InChI=1S/C8H5N3.CH3NO2/c9-5-7-6-10-11-4-2-1-3-8(7)11;2-1(3)4/h1-4,6H;2H2,(H,3,4). The smallest absolute Gasteiger partial charge is 0.402 e. The van der Waals surface area contributed by atoms with E-state index in [2.05, 4.69) is 16.9 Å². The van der Waals surface area contributed by atoms with Crippen LogP contribution in [0, 0.1) is 11.3 Å². The van der Waals surface area contributed by atoms with Gasteiger partial charge in [-0.1, -0.05) is 6.07 Å². The van der Waals surface area contributed by atoms with E-state index in [0.29, 0.717) is 5.56 Å². The number of nitrogens with two attached hydrogens (primary N) is 1. The van der Waals surface area contributed by atoms with E-state index in [-0.39, 0.29) is 0 Å². The monoisotopic (exact) mass is 204 g/mol. The first-order valence-electron chi connectivity index (χ1n) is 3.96. The number of fused-ring (bicyclic) bond motifs is 1. The van der Waals surface area contributed by atoms with Gasteiger partial charge in [-0.15, -0.1) is 0 Å². The van der Waals surface area contributed by atoms with Crippen molar-refractivity contribution in [2.75, 3.05) is 0 Å². The number of primary amides is 1. The number of hydrogen-bond donors (Lipinski definition) is 2. The summed E-state index contributed by atoms with van der Waals surface area (Å²) in [4.78, 5) is 8.78. The zero-order valence-electron chi connectivity index (χ0n) is 7.66. The van der Waals surface area contributed by atoms with Crippen molar-refractivity contribution >= 4 is 11.6 Å². The van der Waals surface area contributed by atoms with Gasteiger partial charge < -0.3 is 10.8 Å². The lowest BCUT2D eigenvalue weighted by Crippen LogP contribution is -2.03. The molecule has 6 heteroatoms. The highest BCUT2D eigenvalue weighted by Gasteiger charge is 1.98. The highest BCUT2D eigenvalue weighted by atomic mass is 16.4. The molecule has 0 bridgehead atoms. The molecule has 3 N–H and O–H groups in total. The van der Waals surface area contributed by atoms with E-state index < -0.39 is 6.09 Å². The molecule has 15 heavy (non-hydrogen) atoms. The lowest BCUT2D eigenvalue weighted by molar-refractivity contribution is 0.205. The van der Waals surface area contributed by atoms with E-state index in [1.165, 1.54) is 0 Å². The molecule has 0 aromatic carbocycles. The third kappa shape index (κ3) is 2.70. The topological polar surface area (TPSA) is 104 Å². The molecule has 2 aromatic rings. The highest BCUT2D eigenvalue weighted by Crippen LogP contribution is 2.06. The minimum atomic E-state index is -1.33. The Balaban J connectivity index is 0.000000245. The van der Waals surface area contributed by atoms with E-state index in [9.17, 15) is 0 Å². The second-order valence-corrected chi connectivity index (χ2v) is 2.54. The van der Waals surface area contributed by atoms with Gasteiger partial charge in [-0.3, -0.25) is 0 Å². The van der Waals surface area contributed by atoms with Crippen LogP contribution >= 0.6 is 0 Å². The van der Waals surface area contributed by atoms with Crippen molar-refractivity contribution < 1.29 is 9.90 Å². The summed E-state index contributed by atoms with van der Waals surface area (Å²) in [6.07, 6.45) is 2.05. The minimum absolute atomic E-state index is 0.616. The number of nitriles is 1. The van der Waals surface area contributed by atoms with Gasteiger partial charge in [0.1, 0.15) is 6.07 Å². The van der Waals surface area contributed by atoms with Crippen LogP contribution in [0.1, 0.15) is 5.56 Å². The van der Waals surface area contributed by atoms with Crippen LogP contribution in [0.25, 0.3) is 5.52 Å². The van der Waals surface area contributed by atoms with Gasteiger partial charge in [0, 0.05) is 6.20 Å². The molecule has 1 amide bonds. The van der Waals surface area contributed by atoms with Gasteiger partial charge in [-0.2, -0.15) is 10.4 Å². The summed E-state index contributed by atoms with van der Waals surface area (Å²) in [6.45, 7) is 0. The van der Waals surface area contributed by atoms with Gasteiger partial charge in [-0.25, -0.2) is 9.31 Å². The molecule has 0 unspecified atom stereocenters. The first-order valence-corrected chi connectivity index (χ1v) is 3.96. The van der Waals surface area contributed by atoms with Crippen molar-refractivity contribution in [1.82, 2.24) is 9.61 Å². The van der Waals surface area contributed by atoms with Gasteiger partial charge in [-0.05, 0) is 12.1 Å². The normalized spacial score (nSPS) is 8.73. The van der Waals surface area contributed by atoms with Gasteiger partial charge in [0.15, 0.2) is 0 Å². The molecule has 0 aliphatic carbocycles. The summed E-state index contributed by atoms with van der Waals surface area (Å²) in [6, 6.07) is 7.70. The average molecular weight is 204 g/mol. The van der Waals surface area contributed by atoms with Crippen molar-refractivity contribution in [2.45, 2.75) is 0 Å². The molecule has 0 saturated heterocycles. The molecule has 0 aliphatic heterocycles. The second-order valence-electron chi connectivity index (χ2n) is 2.54. The zero-order valence-corrected chi connectivity index (χ0v) is 7.66. The molecule has 6 nitrogen and oxygen atoms in total. The van der Waals surface area contributed by atoms with Gasteiger partial charge in [0.2, 0.25) is 0 Å². The number of carboxylic acid groups (broad SMARTS) is 1. The molecule has 2 rings (SSSR count). The fourth-order valence-electron chi connectivity index (χ4n) is 1.02. The van der Waals surface area contributed by atoms with Crippen LogP contribution < -0.4 is 5.73 Å². The summed E-state index contributed by atoms with van der Waals surface area (Å²) >= 11 is 0. The molecule has 0 aliphatic rings. The number of pyridine rings is 1. The lowest BCUT2D eigenvalue weighted by atomic mass is 10.3. The van der Waals surface area contributed by atoms with Crippen LogP contribution in [0.5, 0.6) is 0 Å². The summed E-state index contributed by atoms with van der Waals surface area (Å²) < 4.78 is 1.68. The molecule has 76 valence electrons. The number of aromatic nitrogens is 2. The molecule has 0 saturated carbocycles. The van der Waals surface area contributed by atoms with E-state index in [1.807, 2.05) is 24.4 Å². The molecule has 0 atom stereocenters. The van der Waals surface area contributed by atoms with Crippen molar-refractivity contribution in [3.8, 4) is 6.07 Å². The maximum atomic E-state index is 8.78. The van der Waals surface area contributed by atoms with E-state index in [0.717, 1.165) is 5.52 Å². The lowest BCUT2D eigenvalue weighted by Gasteiger charge is -1.88.